The van der Waals surface area contributed by atoms with Crippen LogP contribution in [0.3, 0.4) is 0 Å². The predicted octanol–water partition coefficient (Wildman–Crippen LogP) is -0.0698. The summed E-state index contributed by atoms with van der Waals surface area (Å²) in [6.45, 7) is 3.91. The molecular formula is C11H20N4O3S. The first-order chi connectivity index (χ1) is 8.76. The first-order valence-electron chi connectivity index (χ1n) is 5.93. The van der Waals surface area contributed by atoms with Crippen molar-refractivity contribution in [2.45, 2.75) is 19.9 Å². The Bertz CT molecular complexity index is 548. The van der Waals surface area contributed by atoms with Gasteiger partial charge in [0.1, 0.15) is 5.69 Å². The van der Waals surface area contributed by atoms with Crippen molar-refractivity contribution in [1.82, 2.24) is 14.6 Å². The van der Waals surface area contributed by atoms with Crippen molar-refractivity contribution in [2.75, 3.05) is 25.1 Å². The van der Waals surface area contributed by atoms with E-state index in [1.807, 2.05) is 13.8 Å². The number of amides is 1. The van der Waals surface area contributed by atoms with Crippen LogP contribution < -0.4 is 15.8 Å². The van der Waals surface area contributed by atoms with Gasteiger partial charge in [0.2, 0.25) is 10.0 Å². The van der Waals surface area contributed by atoms with Gasteiger partial charge in [-0.05, 0) is 27.0 Å². The van der Waals surface area contributed by atoms with Crippen molar-refractivity contribution in [2.24, 2.45) is 0 Å². The molecule has 0 bridgehead atoms. The standard InChI is InChI=1S/C11H20N4O3S/c1-8(2)15-7-9(12)6-10(15)11(16)14-4-5-19(17,18)13-3/h6-8,13H,4-5,12H2,1-3H3,(H,14,16). The van der Waals surface area contributed by atoms with E-state index in [1.54, 1.807) is 16.8 Å². The van der Waals surface area contributed by atoms with Crippen molar-refractivity contribution in [3.8, 4) is 0 Å². The first-order valence-corrected chi connectivity index (χ1v) is 7.59. The molecule has 1 rings (SSSR count). The number of rotatable bonds is 6. The SMILES string of the molecule is CNS(=O)(=O)CCNC(=O)c1cc(N)cn1C(C)C. The lowest BCUT2D eigenvalue weighted by atomic mass is 10.3. The summed E-state index contributed by atoms with van der Waals surface area (Å²) >= 11 is 0. The lowest BCUT2D eigenvalue weighted by molar-refractivity contribution is 0.0945. The second-order valence-corrected chi connectivity index (χ2v) is 6.48. The molecule has 0 aliphatic rings. The van der Waals surface area contributed by atoms with E-state index in [-0.39, 0.29) is 24.2 Å². The molecule has 1 heterocycles. The van der Waals surface area contributed by atoms with E-state index in [4.69, 9.17) is 5.73 Å². The van der Waals surface area contributed by atoms with E-state index in [0.29, 0.717) is 11.4 Å². The van der Waals surface area contributed by atoms with Crippen molar-refractivity contribution in [3.63, 3.8) is 0 Å². The molecule has 0 spiro atoms. The molecule has 0 aromatic carbocycles. The van der Waals surface area contributed by atoms with Gasteiger partial charge in [0.15, 0.2) is 0 Å². The molecule has 1 amide bonds. The molecule has 4 N–H and O–H groups in total. The number of nitrogen functional groups attached to an aromatic ring is 1. The van der Waals surface area contributed by atoms with Crippen molar-refractivity contribution in [3.05, 3.63) is 18.0 Å². The Kier molecular flexibility index (Phi) is 4.96. The smallest absolute Gasteiger partial charge is 0.268 e. The average Bonchev–Trinajstić information content (AvgIpc) is 2.71. The molecule has 0 unspecified atom stereocenters. The van der Waals surface area contributed by atoms with Crippen molar-refractivity contribution in [1.29, 1.82) is 0 Å². The molecule has 1 aromatic heterocycles. The summed E-state index contributed by atoms with van der Waals surface area (Å²) < 4.78 is 26.3. The van der Waals surface area contributed by atoms with Crippen molar-refractivity contribution < 1.29 is 13.2 Å². The van der Waals surface area contributed by atoms with E-state index in [9.17, 15) is 13.2 Å². The van der Waals surface area contributed by atoms with Crippen LogP contribution in [0.5, 0.6) is 0 Å². The minimum atomic E-state index is -3.31. The quantitative estimate of drug-likeness (QED) is 0.681. The summed E-state index contributed by atoms with van der Waals surface area (Å²) in [5.74, 6) is -0.496. The van der Waals surface area contributed by atoms with Gasteiger partial charge in [-0.2, -0.15) is 0 Å². The molecule has 8 heteroatoms. The Morgan fingerprint density at radius 1 is 1.47 bits per heavy atom. The number of carbonyl (C=O) groups is 1. The van der Waals surface area contributed by atoms with Crippen LogP contribution >= 0.6 is 0 Å². The molecule has 0 aliphatic carbocycles. The topological polar surface area (TPSA) is 106 Å². The molecule has 0 fully saturated rings. The monoisotopic (exact) mass is 288 g/mol. The lowest BCUT2D eigenvalue weighted by Gasteiger charge is -2.12. The van der Waals surface area contributed by atoms with Crippen molar-refractivity contribution >= 4 is 21.6 Å². The third kappa shape index (κ3) is 4.25. The van der Waals surface area contributed by atoms with E-state index < -0.39 is 10.0 Å². The van der Waals surface area contributed by atoms with Gasteiger partial charge in [-0.3, -0.25) is 4.79 Å². The summed E-state index contributed by atoms with van der Waals surface area (Å²) in [5, 5.41) is 2.56. The molecular weight excluding hydrogens is 268 g/mol. The van der Waals surface area contributed by atoms with E-state index in [1.165, 1.54) is 7.05 Å². The number of carbonyl (C=O) groups excluding carboxylic acids is 1. The van der Waals surface area contributed by atoms with Gasteiger partial charge in [-0.15, -0.1) is 0 Å². The second kappa shape index (κ2) is 6.07. The normalized spacial score (nSPS) is 11.8. The highest BCUT2D eigenvalue weighted by Gasteiger charge is 2.15. The van der Waals surface area contributed by atoms with Gasteiger partial charge in [0, 0.05) is 18.8 Å². The van der Waals surface area contributed by atoms with E-state index in [2.05, 4.69) is 10.0 Å². The van der Waals surface area contributed by atoms with Gasteiger partial charge < -0.3 is 15.6 Å². The Morgan fingerprint density at radius 3 is 2.63 bits per heavy atom. The molecule has 0 radical (unpaired) electrons. The van der Waals surface area contributed by atoms with Gasteiger partial charge in [-0.25, -0.2) is 13.1 Å². The highest BCUT2D eigenvalue weighted by atomic mass is 32.2. The largest absolute Gasteiger partial charge is 0.397 e. The Balaban J connectivity index is 2.69. The van der Waals surface area contributed by atoms with Crippen LogP contribution in [-0.2, 0) is 10.0 Å². The molecule has 19 heavy (non-hydrogen) atoms. The molecule has 7 nitrogen and oxygen atoms in total. The third-order valence-corrected chi connectivity index (χ3v) is 3.99. The zero-order valence-corrected chi connectivity index (χ0v) is 12.1. The summed E-state index contributed by atoms with van der Waals surface area (Å²) in [4.78, 5) is 12.0. The molecule has 1 aromatic rings. The predicted molar refractivity (Wildman–Crippen MR) is 74.4 cm³/mol. The number of sulfonamides is 1. The number of nitrogens with one attached hydrogen (secondary N) is 2. The number of nitrogens with two attached hydrogens (primary N) is 1. The second-order valence-electron chi connectivity index (χ2n) is 4.44. The van der Waals surface area contributed by atoms with Crippen LogP contribution in [0.25, 0.3) is 0 Å². The van der Waals surface area contributed by atoms with Gasteiger partial charge in [0.05, 0.1) is 11.4 Å². The molecule has 108 valence electrons. The van der Waals surface area contributed by atoms with Crippen LogP contribution in [0, 0.1) is 0 Å². The molecule has 0 saturated carbocycles. The fourth-order valence-electron chi connectivity index (χ4n) is 1.60. The fraction of sp³-hybridized carbons (Fsp3) is 0.545. The number of anilines is 1. The van der Waals surface area contributed by atoms with Crippen LogP contribution in [0.2, 0.25) is 0 Å². The maximum absolute atomic E-state index is 12.0. The number of hydrogen-bond donors (Lipinski definition) is 3. The third-order valence-electron chi connectivity index (χ3n) is 2.63. The zero-order chi connectivity index (χ0) is 14.6. The van der Waals surface area contributed by atoms with Crippen LogP contribution in [0.4, 0.5) is 5.69 Å². The van der Waals surface area contributed by atoms with Gasteiger partial charge in [0.25, 0.3) is 5.91 Å². The van der Waals surface area contributed by atoms with E-state index >= 15 is 0 Å². The highest BCUT2D eigenvalue weighted by molar-refractivity contribution is 7.89. The molecule has 0 aliphatic heterocycles. The first kappa shape index (κ1) is 15.5. The highest BCUT2D eigenvalue weighted by Crippen LogP contribution is 2.16. The van der Waals surface area contributed by atoms with Crippen LogP contribution in [-0.4, -0.2) is 38.2 Å². The Hall–Kier alpha value is -1.54. The minimum Gasteiger partial charge on any atom is -0.397 e. The molecule has 0 atom stereocenters. The average molecular weight is 288 g/mol. The summed E-state index contributed by atoms with van der Waals surface area (Å²) in [7, 11) is -1.98. The van der Waals surface area contributed by atoms with Crippen LogP contribution in [0.15, 0.2) is 12.3 Å². The summed E-state index contributed by atoms with van der Waals surface area (Å²) in [6.07, 6.45) is 1.68. The lowest BCUT2D eigenvalue weighted by Crippen LogP contribution is -2.33. The number of nitrogens with zero attached hydrogens (tertiary/aromatic N) is 1. The maximum Gasteiger partial charge on any atom is 0.268 e. The maximum atomic E-state index is 12.0. The summed E-state index contributed by atoms with van der Waals surface area (Å²) in [6, 6.07) is 1.67. The Morgan fingerprint density at radius 2 is 2.11 bits per heavy atom. The Labute approximate surface area is 113 Å². The van der Waals surface area contributed by atoms with Gasteiger partial charge >= 0.3 is 0 Å². The van der Waals surface area contributed by atoms with Crippen LogP contribution in [0.1, 0.15) is 30.4 Å². The minimum absolute atomic E-state index is 0.0468. The van der Waals surface area contributed by atoms with Gasteiger partial charge in [-0.1, -0.05) is 0 Å². The summed E-state index contributed by atoms with van der Waals surface area (Å²) in [5.41, 5.74) is 6.59. The van der Waals surface area contributed by atoms with E-state index in [0.717, 1.165) is 0 Å². The zero-order valence-electron chi connectivity index (χ0n) is 11.3. The number of aromatic nitrogens is 1. The number of hydrogen-bond acceptors (Lipinski definition) is 4. The fourth-order valence-corrected chi connectivity index (χ4v) is 2.18. The molecule has 0 saturated heterocycles.